The van der Waals surface area contributed by atoms with Crippen LogP contribution in [0.2, 0.25) is 0 Å². The van der Waals surface area contributed by atoms with Crippen LogP contribution in [0.15, 0.2) is 79.0 Å². The molecule has 0 unspecified atom stereocenters. The van der Waals surface area contributed by atoms with Gasteiger partial charge in [0.15, 0.2) is 0 Å². The van der Waals surface area contributed by atoms with Crippen LogP contribution in [0.3, 0.4) is 0 Å². The second-order valence-electron chi connectivity index (χ2n) is 9.35. The van der Waals surface area contributed by atoms with Crippen LogP contribution in [-0.2, 0) is 4.79 Å². The van der Waals surface area contributed by atoms with Gasteiger partial charge >= 0.3 is 0 Å². The topological polar surface area (TPSA) is 85.7 Å². The molecule has 0 aliphatic carbocycles. The van der Waals surface area contributed by atoms with Crippen LogP contribution in [0.1, 0.15) is 24.2 Å². The third-order valence-corrected chi connectivity index (χ3v) is 6.01. The molecule has 8 nitrogen and oxygen atoms in total. The van der Waals surface area contributed by atoms with Crippen molar-refractivity contribution in [3.05, 3.63) is 90.4 Å². The summed E-state index contributed by atoms with van der Waals surface area (Å²) in [5, 5.41) is 2.84. The number of benzene rings is 3. The highest BCUT2D eigenvalue weighted by Crippen LogP contribution is 2.27. The Morgan fingerprint density at radius 1 is 0.949 bits per heavy atom. The van der Waals surface area contributed by atoms with Crippen molar-refractivity contribution in [2.24, 2.45) is 5.92 Å². The van der Waals surface area contributed by atoms with Gasteiger partial charge in [-0.3, -0.25) is 19.5 Å². The highest BCUT2D eigenvalue weighted by molar-refractivity contribution is 5.99. The molecule has 1 heterocycles. The largest absolute Gasteiger partial charge is 0.497 e. The van der Waals surface area contributed by atoms with E-state index in [9.17, 15) is 14.0 Å². The molecule has 3 aromatic carbocycles. The molecule has 0 spiro atoms. The Labute approximate surface area is 227 Å². The number of halogens is 1. The van der Waals surface area contributed by atoms with Crippen LogP contribution >= 0.6 is 0 Å². The lowest BCUT2D eigenvalue weighted by atomic mass is 10.1. The molecule has 2 amide bonds. The van der Waals surface area contributed by atoms with Gasteiger partial charge in [-0.05, 0) is 66.6 Å². The monoisotopic (exact) mass is 530 g/mol. The molecule has 0 fully saturated rings. The number of anilines is 1. The number of nitrogens with one attached hydrogen (secondary N) is 1. The number of carbonyl (C=O) groups excluding carboxylic acids is 2. The summed E-state index contributed by atoms with van der Waals surface area (Å²) in [6, 6.07) is 20.5. The van der Waals surface area contributed by atoms with Crippen molar-refractivity contribution in [1.29, 1.82) is 0 Å². The summed E-state index contributed by atoms with van der Waals surface area (Å²) in [6.07, 6.45) is 1.82. The summed E-state index contributed by atoms with van der Waals surface area (Å²) in [4.78, 5) is 32.4. The number of imidazole rings is 1. The van der Waals surface area contributed by atoms with Gasteiger partial charge in [0, 0.05) is 24.0 Å². The quantitative estimate of drug-likeness (QED) is 0.295. The van der Waals surface area contributed by atoms with Gasteiger partial charge in [0.25, 0.3) is 5.91 Å². The lowest BCUT2D eigenvalue weighted by Gasteiger charge is -2.24. The Morgan fingerprint density at radius 2 is 1.56 bits per heavy atom. The zero-order chi connectivity index (χ0) is 27.9. The number of carbonyl (C=O) groups is 2. The molecule has 1 N–H and O–H groups in total. The predicted molar refractivity (Wildman–Crippen MR) is 148 cm³/mol. The van der Waals surface area contributed by atoms with E-state index >= 15 is 0 Å². The van der Waals surface area contributed by atoms with Gasteiger partial charge in [-0.15, -0.1) is 0 Å². The molecule has 0 radical (unpaired) electrons. The molecule has 0 saturated carbocycles. The van der Waals surface area contributed by atoms with Crippen LogP contribution in [0.5, 0.6) is 11.5 Å². The number of hydrogen-bond donors (Lipinski definition) is 1. The molecule has 0 aliphatic rings. The molecule has 4 aromatic rings. The Morgan fingerprint density at radius 3 is 2.15 bits per heavy atom. The molecule has 39 heavy (non-hydrogen) atoms. The molecule has 0 saturated heterocycles. The van der Waals surface area contributed by atoms with Crippen LogP contribution in [0, 0.1) is 11.7 Å². The molecular formula is C30H31FN4O4. The Kier molecular flexibility index (Phi) is 8.60. The number of rotatable bonds is 10. The van der Waals surface area contributed by atoms with Gasteiger partial charge in [0.05, 0.1) is 25.5 Å². The van der Waals surface area contributed by atoms with Crippen molar-refractivity contribution in [2.45, 2.75) is 13.8 Å². The fourth-order valence-electron chi connectivity index (χ4n) is 4.11. The second kappa shape index (κ2) is 12.3. The Hall–Kier alpha value is -4.66. The van der Waals surface area contributed by atoms with Crippen molar-refractivity contribution in [1.82, 2.24) is 14.5 Å². The predicted octanol–water partition coefficient (Wildman–Crippen LogP) is 5.43. The van der Waals surface area contributed by atoms with Gasteiger partial charge in [0.2, 0.25) is 11.9 Å². The van der Waals surface area contributed by atoms with Gasteiger partial charge in [-0.2, -0.15) is 0 Å². The van der Waals surface area contributed by atoms with Crippen molar-refractivity contribution >= 4 is 17.8 Å². The first-order valence-electron chi connectivity index (χ1n) is 12.5. The third-order valence-electron chi connectivity index (χ3n) is 6.01. The third kappa shape index (κ3) is 6.62. The van der Waals surface area contributed by atoms with Crippen molar-refractivity contribution in [3.63, 3.8) is 0 Å². The van der Waals surface area contributed by atoms with Crippen LogP contribution in [0.4, 0.5) is 10.3 Å². The summed E-state index contributed by atoms with van der Waals surface area (Å²) in [7, 11) is 3.19. The maximum Gasteiger partial charge on any atom is 0.257 e. The first-order valence-corrected chi connectivity index (χ1v) is 12.5. The number of ether oxygens (including phenoxy) is 2. The van der Waals surface area contributed by atoms with Gasteiger partial charge in [-0.1, -0.05) is 26.0 Å². The van der Waals surface area contributed by atoms with Crippen molar-refractivity contribution < 1.29 is 23.5 Å². The fraction of sp³-hybridized carbons (Fsp3) is 0.233. The van der Waals surface area contributed by atoms with E-state index in [-0.39, 0.29) is 30.5 Å². The number of nitrogens with zero attached hydrogens (tertiary/aromatic N) is 3. The van der Waals surface area contributed by atoms with Crippen molar-refractivity contribution in [3.8, 4) is 28.4 Å². The summed E-state index contributed by atoms with van der Waals surface area (Å²) in [5.74, 6) is 0.116. The number of aromatic nitrogens is 2. The van der Waals surface area contributed by atoms with Crippen molar-refractivity contribution in [2.75, 3.05) is 32.6 Å². The lowest BCUT2D eigenvalue weighted by molar-refractivity contribution is -0.117. The first kappa shape index (κ1) is 27.4. The molecular weight excluding hydrogens is 499 g/mol. The van der Waals surface area contributed by atoms with Gasteiger partial charge in [0.1, 0.15) is 23.9 Å². The lowest BCUT2D eigenvalue weighted by Crippen LogP contribution is -2.40. The Balaban J connectivity index is 1.63. The Bertz CT molecular complexity index is 1430. The van der Waals surface area contributed by atoms with Gasteiger partial charge in [-0.25, -0.2) is 9.37 Å². The second-order valence-corrected chi connectivity index (χ2v) is 9.35. The zero-order valence-electron chi connectivity index (χ0n) is 22.3. The summed E-state index contributed by atoms with van der Waals surface area (Å²) < 4.78 is 26.6. The standard InChI is InChI=1S/C30H31FN4O4/c1-20(2)17-34(29(37)25-7-5-6-8-26(25)31)19-28(36)33-30-32-27(21-9-13-23(38-3)14-10-21)18-35(30)22-11-15-24(39-4)16-12-22/h5-16,18,20H,17,19H2,1-4H3,(H,32,33,36). The van der Waals surface area contributed by atoms with E-state index in [1.807, 2.05) is 68.6 Å². The zero-order valence-corrected chi connectivity index (χ0v) is 22.3. The van der Waals surface area contributed by atoms with E-state index in [2.05, 4.69) is 10.3 Å². The minimum absolute atomic E-state index is 0.0662. The molecule has 202 valence electrons. The van der Waals surface area contributed by atoms with E-state index in [1.165, 1.54) is 23.1 Å². The molecule has 1 aromatic heterocycles. The van der Waals surface area contributed by atoms with E-state index < -0.39 is 17.6 Å². The highest BCUT2D eigenvalue weighted by Gasteiger charge is 2.23. The fourth-order valence-corrected chi connectivity index (χ4v) is 4.11. The molecule has 0 atom stereocenters. The SMILES string of the molecule is COc1ccc(-c2cn(-c3ccc(OC)cc3)c(NC(=O)CN(CC(C)C)C(=O)c3ccccc3F)n2)cc1. The summed E-state index contributed by atoms with van der Waals surface area (Å²) in [5.41, 5.74) is 2.13. The average Bonchev–Trinajstić information content (AvgIpc) is 3.35. The van der Waals surface area contributed by atoms with E-state index in [0.717, 1.165) is 11.3 Å². The molecule has 4 rings (SSSR count). The normalized spacial score (nSPS) is 10.8. The molecule has 9 heteroatoms. The summed E-state index contributed by atoms with van der Waals surface area (Å²) >= 11 is 0. The van der Waals surface area contributed by atoms with E-state index in [0.29, 0.717) is 17.2 Å². The van der Waals surface area contributed by atoms with Crippen LogP contribution < -0.4 is 14.8 Å². The van der Waals surface area contributed by atoms with Gasteiger partial charge < -0.3 is 14.4 Å². The smallest absolute Gasteiger partial charge is 0.257 e. The number of amides is 2. The number of methoxy groups -OCH3 is 2. The minimum Gasteiger partial charge on any atom is -0.497 e. The van der Waals surface area contributed by atoms with Crippen LogP contribution in [-0.4, -0.2) is 53.6 Å². The summed E-state index contributed by atoms with van der Waals surface area (Å²) in [6.45, 7) is 3.87. The molecule has 0 bridgehead atoms. The maximum atomic E-state index is 14.4. The maximum absolute atomic E-state index is 14.4. The van der Waals surface area contributed by atoms with E-state index in [4.69, 9.17) is 9.47 Å². The van der Waals surface area contributed by atoms with E-state index in [1.54, 1.807) is 24.9 Å². The number of hydrogen-bond acceptors (Lipinski definition) is 5. The molecule has 0 aliphatic heterocycles. The van der Waals surface area contributed by atoms with Crippen LogP contribution in [0.25, 0.3) is 16.9 Å². The minimum atomic E-state index is -0.629. The average molecular weight is 531 g/mol. The first-order chi connectivity index (χ1) is 18.8. The highest BCUT2D eigenvalue weighted by atomic mass is 19.1.